The van der Waals surface area contributed by atoms with Crippen molar-refractivity contribution in [2.75, 3.05) is 0 Å². The van der Waals surface area contributed by atoms with Gasteiger partial charge in [0, 0.05) is 0 Å². The largest absolute Gasteiger partial charge is 0.0654 e. The van der Waals surface area contributed by atoms with Gasteiger partial charge in [-0.05, 0) is 35.8 Å². The predicted molar refractivity (Wildman–Crippen MR) is 68.2 cm³/mol. The molecule has 0 nitrogen and oxygen atoms in total. The Morgan fingerprint density at radius 1 is 1.07 bits per heavy atom. The van der Waals surface area contributed by atoms with Crippen molar-refractivity contribution < 1.29 is 0 Å². The zero-order valence-corrected chi connectivity index (χ0v) is 10.6. The number of unbranched alkanes of at least 4 members (excludes halogenated alkanes) is 1. The Bertz CT molecular complexity index is 291. The average Bonchev–Trinajstić information content (AvgIpc) is 2.12. The molecule has 1 aromatic carbocycles. The summed E-state index contributed by atoms with van der Waals surface area (Å²) in [4.78, 5) is 0. The SMILES string of the molecule is CCCCc1cccc(CC(C)(C)C)c1. The molecule has 0 aliphatic heterocycles. The smallest absolute Gasteiger partial charge is 0.0230 e. The quantitative estimate of drug-likeness (QED) is 0.671. The molecule has 0 saturated heterocycles. The molecule has 1 aromatic rings. The van der Waals surface area contributed by atoms with Crippen LogP contribution in [0.3, 0.4) is 0 Å². The van der Waals surface area contributed by atoms with Gasteiger partial charge >= 0.3 is 0 Å². The van der Waals surface area contributed by atoms with Gasteiger partial charge in [0.05, 0.1) is 0 Å². The van der Waals surface area contributed by atoms with Gasteiger partial charge in [-0.25, -0.2) is 0 Å². The van der Waals surface area contributed by atoms with E-state index in [4.69, 9.17) is 0 Å². The number of hydrogen-bond acceptors (Lipinski definition) is 0. The Hall–Kier alpha value is -0.780. The third-order valence-corrected chi connectivity index (χ3v) is 2.54. The molecule has 84 valence electrons. The van der Waals surface area contributed by atoms with E-state index in [0.717, 1.165) is 0 Å². The van der Waals surface area contributed by atoms with E-state index in [0.29, 0.717) is 5.41 Å². The molecular formula is C15H24. The van der Waals surface area contributed by atoms with E-state index in [1.54, 1.807) is 0 Å². The van der Waals surface area contributed by atoms with Crippen LogP contribution in [0.5, 0.6) is 0 Å². The highest BCUT2D eigenvalue weighted by Crippen LogP contribution is 2.21. The summed E-state index contributed by atoms with van der Waals surface area (Å²) in [6.07, 6.45) is 4.99. The van der Waals surface area contributed by atoms with Crippen molar-refractivity contribution in [1.82, 2.24) is 0 Å². The first kappa shape index (κ1) is 12.3. The van der Waals surface area contributed by atoms with Crippen LogP contribution in [0.15, 0.2) is 24.3 Å². The zero-order chi connectivity index (χ0) is 11.3. The van der Waals surface area contributed by atoms with Gasteiger partial charge in [-0.1, -0.05) is 58.4 Å². The highest BCUT2D eigenvalue weighted by atomic mass is 14.2. The van der Waals surface area contributed by atoms with E-state index in [1.807, 2.05) is 0 Å². The lowest BCUT2D eigenvalue weighted by Crippen LogP contribution is -2.09. The number of benzene rings is 1. The summed E-state index contributed by atoms with van der Waals surface area (Å²) in [7, 11) is 0. The molecule has 0 amide bonds. The maximum absolute atomic E-state index is 2.38. The molecule has 0 radical (unpaired) electrons. The number of hydrogen-bond donors (Lipinski definition) is 0. The molecule has 0 atom stereocenters. The molecule has 0 bridgehead atoms. The van der Waals surface area contributed by atoms with Crippen LogP contribution < -0.4 is 0 Å². The van der Waals surface area contributed by atoms with Gasteiger partial charge in [0.25, 0.3) is 0 Å². The van der Waals surface area contributed by atoms with Gasteiger partial charge in [0.15, 0.2) is 0 Å². The van der Waals surface area contributed by atoms with Crippen LogP contribution in [0.25, 0.3) is 0 Å². The summed E-state index contributed by atoms with van der Waals surface area (Å²) in [5, 5.41) is 0. The topological polar surface area (TPSA) is 0 Å². The van der Waals surface area contributed by atoms with Gasteiger partial charge in [0.1, 0.15) is 0 Å². The molecule has 0 heteroatoms. The molecule has 1 rings (SSSR count). The van der Waals surface area contributed by atoms with Crippen LogP contribution in [-0.4, -0.2) is 0 Å². The lowest BCUT2D eigenvalue weighted by Gasteiger charge is -2.18. The summed E-state index contributed by atoms with van der Waals surface area (Å²) < 4.78 is 0. The van der Waals surface area contributed by atoms with Crippen LogP contribution in [-0.2, 0) is 12.8 Å². The average molecular weight is 204 g/mol. The second-order valence-electron chi connectivity index (χ2n) is 5.66. The lowest BCUT2D eigenvalue weighted by atomic mass is 9.87. The maximum atomic E-state index is 2.38. The lowest BCUT2D eigenvalue weighted by molar-refractivity contribution is 0.411. The van der Waals surface area contributed by atoms with E-state index in [2.05, 4.69) is 52.0 Å². The van der Waals surface area contributed by atoms with Crippen molar-refractivity contribution in [1.29, 1.82) is 0 Å². The second-order valence-corrected chi connectivity index (χ2v) is 5.66. The third kappa shape index (κ3) is 5.01. The first-order valence-electron chi connectivity index (χ1n) is 6.09. The van der Waals surface area contributed by atoms with Crippen LogP contribution in [0.4, 0.5) is 0 Å². The fourth-order valence-corrected chi connectivity index (χ4v) is 1.89. The summed E-state index contributed by atoms with van der Waals surface area (Å²) in [5.41, 5.74) is 3.37. The fraction of sp³-hybridized carbons (Fsp3) is 0.600. The molecular weight excluding hydrogens is 180 g/mol. The standard InChI is InChI=1S/C15H24/c1-5-6-8-13-9-7-10-14(11-13)12-15(2,3)4/h7,9-11H,5-6,8,12H2,1-4H3. The van der Waals surface area contributed by atoms with E-state index < -0.39 is 0 Å². The van der Waals surface area contributed by atoms with Crippen LogP contribution in [0.2, 0.25) is 0 Å². The fourth-order valence-electron chi connectivity index (χ4n) is 1.89. The summed E-state index contributed by atoms with van der Waals surface area (Å²) in [6, 6.07) is 9.08. The van der Waals surface area contributed by atoms with E-state index in [-0.39, 0.29) is 0 Å². The van der Waals surface area contributed by atoms with Crippen molar-refractivity contribution in [3.63, 3.8) is 0 Å². The van der Waals surface area contributed by atoms with Gasteiger partial charge in [-0.2, -0.15) is 0 Å². The first-order valence-corrected chi connectivity index (χ1v) is 6.09. The van der Waals surface area contributed by atoms with Crippen LogP contribution >= 0.6 is 0 Å². The molecule has 0 unspecified atom stereocenters. The van der Waals surface area contributed by atoms with E-state index in [9.17, 15) is 0 Å². The molecule has 15 heavy (non-hydrogen) atoms. The second kappa shape index (κ2) is 5.34. The number of aryl methyl sites for hydroxylation is 1. The van der Waals surface area contributed by atoms with Crippen molar-refractivity contribution in [3.05, 3.63) is 35.4 Å². The molecule has 0 heterocycles. The zero-order valence-electron chi connectivity index (χ0n) is 10.6. The van der Waals surface area contributed by atoms with E-state index in [1.165, 1.54) is 36.8 Å². The predicted octanol–water partition coefficient (Wildman–Crippen LogP) is 4.62. The molecule has 0 aliphatic carbocycles. The first-order chi connectivity index (χ1) is 7.01. The van der Waals surface area contributed by atoms with Crippen molar-refractivity contribution in [3.8, 4) is 0 Å². The minimum atomic E-state index is 0.392. The van der Waals surface area contributed by atoms with Crippen LogP contribution in [0, 0.1) is 5.41 Å². The molecule has 0 spiro atoms. The summed E-state index contributed by atoms with van der Waals surface area (Å²) >= 11 is 0. The van der Waals surface area contributed by atoms with Gasteiger partial charge in [-0.3, -0.25) is 0 Å². The normalized spacial score (nSPS) is 11.7. The van der Waals surface area contributed by atoms with Gasteiger partial charge in [0.2, 0.25) is 0 Å². The minimum absolute atomic E-state index is 0.392. The Morgan fingerprint density at radius 3 is 2.33 bits per heavy atom. The Balaban J connectivity index is 2.66. The van der Waals surface area contributed by atoms with Crippen LogP contribution in [0.1, 0.15) is 51.7 Å². The maximum Gasteiger partial charge on any atom is -0.0230 e. The van der Waals surface area contributed by atoms with Crippen molar-refractivity contribution in [2.45, 2.75) is 53.4 Å². The van der Waals surface area contributed by atoms with Crippen molar-refractivity contribution >= 4 is 0 Å². The highest BCUT2D eigenvalue weighted by Gasteiger charge is 2.11. The summed E-state index contributed by atoms with van der Waals surface area (Å²) in [5.74, 6) is 0. The molecule has 0 N–H and O–H groups in total. The Morgan fingerprint density at radius 2 is 1.73 bits per heavy atom. The Labute approximate surface area is 94.7 Å². The molecule has 0 saturated carbocycles. The highest BCUT2D eigenvalue weighted by molar-refractivity contribution is 5.24. The number of rotatable bonds is 4. The Kier molecular flexibility index (Phi) is 4.38. The van der Waals surface area contributed by atoms with Crippen molar-refractivity contribution in [2.24, 2.45) is 5.41 Å². The van der Waals surface area contributed by atoms with Gasteiger partial charge < -0.3 is 0 Å². The summed E-state index contributed by atoms with van der Waals surface area (Å²) in [6.45, 7) is 9.14. The third-order valence-electron chi connectivity index (χ3n) is 2.54. The van der Waals surface area contributed by atoms with E-state index >= 15 is 0 Å². The molecule has 0 aromatic heterocycles. The minimum Gasteiger partial charge on any atom is -0.0654 e. The monoisotopic (exact) mass is 204 g/mol. The molecule has 0 fully saturated rings. The van der Waals surface area contributed by atoms with Gasteiger partial charge in [-0.15, -0.1) is 0 Å². The molecule has 0 aliphatic rings.